The third kappa shape index (κ3) is 4.61. The average Bonchev–Trinajstić information content (AvgIpc) is 2.25. The lowest BCUT2D eigenvalue weighted by Crippen LogP contribution is -2.22. The van der Waals surface area contributed by atoms with Gasteiger partial charge < -0.3 is 10.5 Å². The summed E-state index contributed by atoms with van der Waals surface area (Å²) in [5, 5.41) is 0. The fourth-order valence-electron chi connectivity index (χ4n) is 1.33. The van der Waals surface area contributed by atoms with Crippen molar-refractivity contribution < 1.29 is 9.53 Å². The van der Waals surface area contributed by atoms with Crippen LogP contribution in [0.2, 0.25) is 0 Å². The number of amides is 1. The van der Waals surface area contributed by atoms with E-state index in [1.54, 1.807) is 0 Å². The van der Waals surface area contributed by atoms with Crippen molar-refractivity contribution in [1.29, 1.82) is 0 Å². The molecule has 0 aliphatic rings. The first-order chi connectivity index (χ1) is 7.22. The summed E-state index contributed by atoms with van der Waals surface area (Å²) in [6.45, 7) is 2.52. The number of hydrogen-bond acceptors (Lipinski definition) is 2. The number of primary amides is 1. The van der Waals surface area contributed by atoms with E-state index in [0.717, 1.165) is 12.0 Å². The van der Waals surface area contributed by atoms with Crippen LogP contribution in [0.3, 0.4) is 0 Å². The van der Waals surface area contributed by atoms with Gasteiger partial charge in [0.05, 0.1) is 19.1 Å². The quantitative estimate of drug-likeness (QED) is 0.774. The van der Waals surface area contributed by atoms with E-state index in [4.69, 9.17) is 10.5 Å². The lowest BCUT2D eigenvalue weighted by molar-refractivity contribution is -0.121. The van der Waals surface area contributed by atoms with Crippen molar-refractivity contribution in [3.05, 3.63) is 35.9 Å². The minimum atomic E-state index is -0.310. The SMILES string of the molecule is CC[C@H](CC(N)=O)OCc1ccccc1. The van der Waals surface area contributed by atoms with Crippen molar-refractivity contribution in [3.8, 4) is 0 Å². The lowest BCUT2D eigenvalue weighted by Gasteiger charge is -2.14. The van der Waals surface area contributed by atoms with Crippen LogP contribution in [0.5, 0.6) is 0 Å². The van der Waals surface area contributed by atoms with E-state index in [2.05, 4.69) is 0 Å². The highest BCUT2D eigenvalue weighted by Gasteiger charge is 2.09. The van der Waals surface area contributed by atoms with E-state index >= 15 is 0 Å². The highest BCUT2D eigenvalue weighted by atomic mass is 16.5. The molecule has 3 nitrogen and oxygen atoms in total. The maximum absolute atomic E-state index is 10.7. The third-order valence-electron chi connectivity index (χ3n) is 2.21. The van der Waals surface area contributed by atoms with Crippen molar-refractivity contribution in [3.63, 3.8) is 0 Å². The monoisotopic (exact) mass is 207 g/mol. The van der Waals surface area contributed by atoms with Gasteiger partial charge in [-0.15, -0.1) is 0 Å². The highest BCUT2D eigenvalue weighted by Crippen LogP contribution is 2.08. The maximum atomic E-state index is 10.7. The van der Waals surface area contributed by atoms with E-state index in [-0.39, 0.29) is 12.0 Å². The van der Waals surface area contributed by atoms with Gasteiger partial charge in [0, 0.05) is 0 Å². The molecule has 3 heteroatoms. The van der Waals surface area contributed by atoms with Crippen molar-refractivity contribution in [2.24, 2.45) is 5.73 Å². The number of rotatable bonds is 6. The summed E-state index contributed by atoms with van der Waals surface area (Å²) in [5.41, 5.74) is 6.23. The Labute approximate surface area is 90.2 Å². The first-order valence-electron chi connectivity index (χ1n) is 5.16. The van der Waals surface area contributed by atoms with Crippen LogP contribution in [0.15, 0.2) is 30.3 Å². The summed E-state index contributed by atoms with van der Waals surface area (Å²) >= 11 is 0. The standard InChI is InChI=1S/C12H17NO2/c1-2-11(8-12(13)14)15-9-10-6-4-3-5-7-10/h3-7,11H,2,8-9H2,1H3,(H2,13,14)/t11-/m1/s1. The van der Waals surface area contributed by atoms with Gasteiger partial charge in [-0.2, -0.15) is 0 Å². The van der Waals surface area contributed by atoms with Crippen LogP contribution < -0.4 is 5.73 Å². The van der Waals surface area contributed by atoms with Gasteiger partial charge in [-0.25, -0.2) is 0 Å². The third-order valence-corrected chi connectivity index (χ3v) is 2.21. The lowest BCUT2D eigenvalue weighted by atomic mass is 10.2. The van der Waals surface area contributed by atoms with E-state index in [9.17, 15) is 4.79 Å². The van der Waals surface area contributed by atoms with Crippen LogP contribution in [0, 0.1) is 0 Å². The number of nitrogens with two attached hydrogens (primary N) is 1. The van der Waals surface area contributed by atoms with Gasteiger partial charge in [-0.3, -0.25) is 4.79 Å². The first kappa shape index (κ1) is 11.7. The second kappa shape index (κ2) is 6.19. The molecule has 0 radical (unpaired) electrons. The fraction of sp³-hybridized carbons (Fsp3) is 0.417. The molecular formula is C12H17NO2. The Morgan fingerprint density at radius 2 is 2.07 bits per heavy atom. The molecule has 15 heavy (non-hydrogen) atoms. The molecule has 1 aromatic carbocycles. The molecule has 0 spiro atoms. The Kier molecular flexibility index (Phi) is 4.84. The minimum Gasteiger partial charge on any atom is -0.373 e. The van der Waals surface area contributed by atoms with Crippen LogP contribution in [0.4, 0.5) is 0 Å². The van der Waals surface area contributed by atoms with Crippen molar-refractivity contribution in [2.75, 3.05) is 0 Å². The molecule has 0 aromatic heterocycles. The molecule has 0 fully saturated rings. The predicted octanol–water partition coefficient (Wildman–Crippen LogP) is 1.86. The second-order valence-corrected chi connectivity index (χ2v) is 3.50. The van der Waals surface area contributed by atoms with Gasteiger partial charge in [0.15, 0.2) is 0 Å². The van der Waals surface area contributed by atoms with Crippen molar-refractivity contribution in [1.82, 2.24) is 0 Å². The number of hydrogen-bond donors (Lipinski definition) is 1. The first-order valence-corrected chi connectivity index (χ1v) is 5.16. The number of carbonyl (C=O) groups is 1. The van der Waals surface area contributed by atoms with Gasteiger partial charge >= 0.3 is 0 Å². The maximum Gasteiger partial charge on any atom is 0.220 e. The van der Waals surface area contributed by atoms with Gasteiger partial charge in [0.1, 0.15) is 0 Å². The zero-order valence-electron chi connectivity index (χ0n) is 8.98. The van der Waals surface area contributed by atoms with E-state index in [1.807, 2.05) is 37.3 Å². The van der Waals surface area contributed by atoms with Gasteiger partial charge in [0.2, 0.25) is 5.91 Å². The summed E-state index contributed by atoms with van der Waals surface area (Å²) < 4.78 is 5.59. The molecular weight excluding hydrogens is 190 g/mol. The van der Waals surface area contributed by atoms with Gasteiger partial charge in [-0.1, -0.05) is 37.3 Å². The smallest absolute Gasteiger partial charge is 0.220 e. The van der Waals surface area contributed by atoms with Crippen LogP contribution in [0.25, 0.3) is 0 Å². The molecule has 1 amide bonds. The van der Waals surface area contributed by atoms with E-state index in [1.165, 1.54) is 0 Å². The van der Waals surface area contributed by atoms with Crippen molar-refractivity contribution >= 4 is 5.91 Å². The average molecular weight is 207 g/mol. The van der Waals surface area contributed by atoms with Crippen molar-refractivity contribution in [2.45, 2.75) is 32.5 Å². The second-order valence-electron chi connectivity index (χ2n) is 3.50. The molecule has 1 atom stereocenters. The molecule has 1 aromatic rings. The molecule has 0 heterocycles. The summed E-state index contributed by atoms with van der Waals surface area (Å²) in [6.07, 6.45) is 1.03. The summed E-state index contributed by atoms with van der Waals surface area (Å²) in [4.78, 5) is 10.7. The molecule has 82 valence electrons. The molecule has 0 bridgehead atoms. The zero-order valence-corrected chi connectivity index (χ0v) is 8.98. The fourth-order valence-corrected chi connectivity index (χ4v) is 1.33. The van der Waals surface area contributed by atoms with E-state index in [0.29, 0.717) is 13.0 Å². The molecule has 0 saturated heterocycles. The molecule has 2 N–H and O–H groups in total. The Morgan fingerprint density at radius 1 is 1.40 bits per heavy atom. The topological polar surface area (TPSA) is 52.3 Å². The van der Waals surface area contributed by atoms with Crippen LogP contribution in [0.1, 0.15) is 25.3 Å². The van der Waals surface area contributed by atoms with Crippen LogP contribution >= 0.6 is 0 Å². The number of benzene rings is 1. The number of ether oxygens (including phenoxy) is 1. The summed E-state index contributed by atoms with van der Waals surface area (Å²) in [6, 6.07) is 9.89. The Balaban J connectivity index is 2.37. The normalized spacial score (nSPS) is 12.3. The van der Waals surface area contributed by atoms with Crippen LogP contribution in [-0.4, -0.2) is 12.0 Å². The molecule has 0 saturated carbocycles. The minimum absolute atomic E-state index is 0.0669. The number of carbonyl (C=O) groups excluding carboxylic acids is 1. The van der Waals surface area contributed by atoms with Gasteiger partial charge in [-0.05, 0) is 12.0 Å². The predicted molar refractivity (Wildman–Crippen MR) is 59.1 cm³/mol. The van der Waals surface area contributed by atoms with Gasteiger partial charge in [0.25, 0.3) is 0 Å². The Bertz CT molecular complexity index is 298. The molecule has 0 aliphatic carbocycles. The van der Waals surface area contributed by atoms with E-state index < -0.39 is 0 Å². The Hall–Kier alpha value is -1.35. The zero-order chi connectivity index (χ0) is 11.1. The summed E-state index contributed by atoms with van der Waals surface area (Å²) in [5.74, 6) is -0.310. The molecule has 0 unspecified atom stereocenters. The van der Waals surface area contributed by atoms with Crippen LogP contribution in [-0.2, 0) is 16.1 Å². The molecule has 1 rings (SSSR count). The summed E-state index contributed by atoms with van der Waals surface area (Å²) in [7, 11) is 0. The largest absolute Gasteiger partial charge is 0.373 e. The molecule has 0 aliphatic heterocycles. The highest BCUT2D eigenvalue weighted by molar-refractivity contribution is 5.74. The Morgan fingerprint density at radius 3 is 2.60 bits per heavy atom.